The summed E-state index contributed by atoms with van der Waals surface area (Å²) in [5.74, 6) is 0. The highest BCUT2D eigenvalue weighted by Crippen LogP contribution is 2.21. The third-order valence-electron chi connectivity index (χ3n) is 4.15. The number of nitrogens with zero attached hydrogens (tertiary/aromatic N) is 1. The van der Waals surface area contributed by atoms with Crippen LogP contribution in [0.15, 0.2) is 24.3 Å². The first kappa shape index (κ1) is 14.5. The molecule has 1 fully saturated rings. The molecule has 0 aromatic heterocycles. The van der Waals surface area contributed by atoms with Gasteiger partial charge in [0.25, 0.3) is 0 Å². The van der Waals surface area contributed by atoms with Crippen LogP contribution in [0.3, 0.4) is 0 Å². The molecule has 19 heavy (non-hydrogen) atoms. The van der Waals surface area contributed by atoms with Crippen LogP contribution in [0.1, 0.15) is 30.5 Å². The standard InChI is InChI=1S/C16H26N2O/c1-4-14-12-19-10-9-18(14)11-16(17-3)15-8-6-5-7-13(15)2/h5-8,14,16-17H,4,9-12H2,1-3H3. The number of rotatable bonds is 5. The highest BCUT2D eigenvalue weighted by Gasteiger charge is 2.24. The molecule has 1 heterocycles. The number of aryl methyl sites for hydroxylation is 1. The van der Waals surface area contributed by atoms with Crippen molar-refractivity contribution in [1.82, 2.24) is 10.2 Å². The molecule has 1 saturated heterocycles. The Balaban J connectivity index is 2.08. The molecule has 1 aromatic carbocycles. The van der Waals surface area contributed by atoms with E-state index in [1.807, 2.05) is 0 Å². The number of hydrogen-bond donors (Lipinski definition) is 1. The van der Waals surface area contributed by atoms with Crippen LogP contribution in [0.5, 0.6) is 0 Å². The van der Waals surface area contributed by atoms with Gasteiger partial charge in [0.05, 0.1) is 13.2 Å². The molecule has 1 N–H and O–H groups in total. The molecule has 1 aliphatic rings. The van der Waals surface area contributed by atoms with Crippen LogP contribution in [0.25, 0.3) is 0 Å². The van der Waals surface area contributed by atoms with Gasteiger partial charge >= 0.3 is 0 Å². The second kappa shape index (κ2) is 7.04. The summed E-state index contributed by atoms with van der Waals surface area (Å²) in [7, 11) is 2.05. The van der Waals surface area contributed by atoms with Gasteiger partial charge in [0.15, 0.2) is 0 Å². The van der Waals surface area contributed by atoms with Crippen molar-refractivity contribution in [3.63, 3.8) is 0 Å². The molecule has 0 bridgehead atoms. The van der Waals surface area contributed by atoms with Crippen molar-refractivity contribution in [3.05, 3.63) is 35.4 Å². The van der Waals surface area contributed by atoms with E-state index in [4.69, 9.17) is 4.74 Å². The SMILES string of the molecule is CCC1COCCN1CC(NC)c1ccccc1C. The van der Waals surface area contributed by atoms with E-state index in [2.05, 4.69) is 55.4 Å². The summed E-state index contributed by atoms with van der Waals surface area (Å²) in [5.41, 5.74) is 2.77. The fourth-order valence-electron chi connectivity index (χ4n) is 2.86. The summed E-state index contributed by atoms with van der Waals surface area (Å²) in [5, 5.41) is 3.47. The van der Waals surface area contributed by atoms with E-state index in [0.717, 1.165) is 32.7 Å². The van der Waals surface area contributed by atoms with Crippen LogP contribution >= 0.6 is 0 Å². The second-order valence-electron chi connectivity index (χ2n) is 5.33. The number of nitrogens with one attached hydrogen (secondary N) is 1. The molecule has 2 rings (SSSR count). The molecule has 1 aromatic rings. The van der Waals surface area contributed by atoms with Crippen LogP contribution in [0.4, 0.5) is 0 Å². The van der Waals surface area contributed by atoms with E-state index in [0.29, 0.717) is 12.1 Å². The van der Waals surface area contributed by atoms with Crippen molar-refractivity contribution in [2.75, 3.05) is 33.4 Å². The Labute approximate surface area is 116 Å². The molecule has 2 atom stereocenters. The molecule has 3 heteroatoms. The Morgan fingerprint density at radius 3 is 2.89 bits per heavy atom. The molecule has 1 aliphatic heterocycles. The zero-order valence-corrected chi connectivity index (χ0v) is 12.4. The maximum Gasteiger partial charge on any atom is 0.0622 e. The summed E-state index contributed by atoms with van der Waals surface area (Å²) in [6.45, 7) is 8.28. The minimum Gasteiger partial charge on any atom is -0.378 e. The molecule has 3 nitrogen and oxygen atoms in total. The van der Waals surface area contributed by atoms with E-state index in [-0.39, 0.29) is 0 Å². The molecule has 0 amide bonds. The van der Waals surface area contributed by atoms with Crippen LogP contribution in [0, 0.1) is 6.92 Å². The molecule has 0 aliphatic carbocycles. The second-order valence-corrected chi connectivity index (χ2v) is 5.33. The predicted molar refractivity (Wildman–Crippen MR) is 79.5 cm³/mol. The number of morpholine rings is 1. The topological polar surface area (TPSA) is 24.5 Å². The van der Waals surface area contributed by atoms with Gasteiger partial charge in [0, 0.05) is 25.2 Å². The van der Waals surface area contributed by atoms with Gasteiger partial charge in [-0.1, -0.05) is 31.2 Å². The fraction of sp³-hybridized carbons (Fsp3) is 0.625. The highest BCUT2D eigenvalue weighted by molar-refractivity contribution is 5.29. The molecular weight excluding hydrogens is 236 g/mol. The van der Waals surface area contributed by atoms with Crippen LogP contribution in [-0.2, 0) is 4.74 Å². The first-order valence-electron chi connectivity index (χ1n) is 7.30. The average molecular weight is 262 g/mol. The smallest absolute Gasteiger partial charge is 0.0622 e. The van der Waals surface area contributed by atoms with Crippen LogP contribution in [-0.4, -0.2) is 44.3 Å². The monoisotopic (exact) mass is 262 g/mol. The third-order valence-corrected chi connectivity index (χ3v) is 4.15. The molecular formula is C16H26N2O. The van der Waals surface area contributed by atoms with Crippen LogP contribution < -0.4 is 5.32 Å². The minimum absolute atomic E-state index is 0.397. The Morgan fingerprint density at radius 2 is 2.21 bits per heavy atom. The lowest BCUT2D eigenvalue weighted by atomic mass is 10.00. The van der Waals surface area contributed by atoms with Gasteiger partial charge in [0.2, 0.25) is 0 Å². The van der Waals surface area contributed by atoms with Crippen molar-refractivity contribution in [2.24, 2.45) is 0 Å². The quantitative estimate of drug-likeness (QED) is 0.881. The van der Waals surface area contributed by atoms with E-state index in [9.17, 15) is 0 Å². The number of benzene rings is 1. The fourth-order valence-corrected chi connectivity index (χ4v) is 2.86. The Morgan fingerprint density at radius 1 is 1.42 bits per heavy atom. The summed E-state index contributed by atoms with van der Waals surface area (Å²) >= 11 is 0. The maximum absolute atomic E-state index is 5.59. The summed E-state index contributed by atoms with van der Waals surface area (Å²) in [6.07, 6.45) is 1.16. The lowest BCUT2D eigenvalue weighted by Gasteiger charge is -2.37. The molecule has 0 saturated carbocycles. The average Bonchev–Trinajstić information content (AvgIpc) is 2.46. The van der Waals surface area contributed by atoms with Crippen molar-refractivity contribution in [1.29, 1.82) is 0 Å². The lowest BCUT2D eigenvalue weighted by molar-refractivity contribution is -0.0124. The van der Waals surface area contributed by atoms with Gasteiger partial charge in [-0.25, -0.2) is 0 Å². The van der Waals surface area contributed by atoms with Gasteiger partial charge < -0.3 is 10.1 Å². The molecule has 0 spiro atoms. The maximum atomic E-state index is 5.59. The van der Waals surface area contributed by atoms with Crippen molar-refractivity contribution >= 4 is 0 Å². The summed E-state index contributed by atoms with van der Waals surface area (Å²) < 4.78 is 5.59. The first-order valence-corrected chi connectivity index (χ1v) is 7.30. The Kier molecular flexibility index (Phi) is 5.37. The Hall–Kier alpha value is -0.900. The summed E-state index contributed by atoms with van der Waals surface area (Å²) in [6, 6.07) is 9.62. The van der Waals surface area contributed by atoms with Gasteiger partial charge in [0.1, 0.15) is 0 Å². The van der Waals surface area contributed by atoms with E-state index in [1.54, 1.807) is 0 Å². The zero-order valence-electron chi connectivity index (χ0n) is 12.4. The van der Waals surface area contributed by atoms with Crippen LogP contribution in [0.2, 0.25) is 0 Å². The van der Waals surface area contributed by atoms with E-state index < -0.39 is 0 Å². The third kappa shape index (κ3) is 3.56. The Bertz CT molecular complexity index is 394. The summed E-state index contributed by atoms with van der Waals surface area (Å²) in [4.78, 5) is 2.57. The van der Waals surface area contributed by atoms with E-state index >= 15 is 0 Å². The first-order chi connectivity index (χ1) is 9.26. The molecule has 0 radical (unpaired) electrons. The molecule has 106 valence electrons. The lowest BCUT2D eigenvalue weighted by Crippen LogP contribution is -2.48. The van der Waals surface area contributed by atoms with Gasteiger partial charge in [-0.2, -0.15) is 0 Å². The van der Waals surface area contributed by atoms with Gasteiger partial charge in [-0.15, -0.1) is 0 Å². The van der Waals surface area contributed by atoms with Gasteiger partial charge in [-0.05, 0) is 31.5 Å². The highest BCUT2D eigenvalue weighted by atomic mass is 16.5. The number of hydrogen-bond acceptors (Lipinski definition) is 3. The number of likely N-dealkylation sites (N-methyl/N-ethyl adjacent to an activating group) is 1. The largest absolute Gasteiger partial charge is 0.378 e. The zero-order chi connectivity index (χ0) is 13.7. The minimum atomic E-state index is 0.397. The van der Waals surface area contributed by atoms with Crippen molar-refractivity contribution < 1.29 is 4.74 Å². The van der Waals surface area contributed by atoms with Crippen molar-refractivity contribution in [3.8, 4) is 0 Å². The normalized spacial score (nSPS) is 22.4. The predicted octanol–water partition coefficient (Wildman–Crippen LogP) is 2.37. The van der Waals surface area contributed by atoms with E-state index in [1.165, 1.54) is 11.1 Å². The molecule has 2 unspecified atom stereocenters. The number of ether oxygens (including phenoxy) is 1. The van der Waals surface area contributed by atoms with Crippen molar-refractivity contribution in [2.45, 2.75) is 32.4 Å². The van der Waals surface area contributed by atoms with Gasteiger partial charge in [-0.3, -0.25) is 4.90 Å².